The second-order valence-corrected chi connectivity index (χ2v) is 6.10. The van der Waals surface area contributed by atoms with Crippen LogP contribution < -0.4 is 43.9 Å². The van der Waals surface area contributed by atoms with Crippen LogP contribution in [0.4, 0.5) is 10.1 Å². The molecule has 0 aliphatic rings. The molecule has 1 aromatic carbocycles. The summed E-state index contributed by atoms with van der Waals surface area (Å²) in [4.78, 5) is 1.61. The van der Waals surface area contributed by atoms with Crippen LogP contribution in [0.3, 0.4) is 0 Å². The summed E-state index contributed by atoms with van der Waals surface area (Å²) < 4.78 is 54.0. The van der Waals surface area contributed by atoms with Gasteiger partial charge in [0, 0.05) is 30.9 Å². The number of methoxy groups -OCH3 is 2. The van der Waals surface area contributed by atoms with Gasteiger partial charge in [0.05, 0.1) is 20.3 Å². The molecule has 0 heterocycles. The Hall–Kier alpha value is -0.580. The van der Waals surface area contributed by atoms with Gasteiger partial charge in [-0.1, -0.05) is 0 Å². The van der Waals surface area contributed by atoms with Gasteiger partial charge in [-0.3, -0.25) is 4.55 Å². The van der Waals surface area contributed by atoms with Gasteiger partial charge < -0.3 is 19.5 Å². The molecule has 0 radical (unpaired) electrons. The number of hydrogen-bond donors (Lipinski definition) is 2. The third-order valence-corrected chi connectivity index (χ3v) is 3.82. The number of halogens is 1. The normalized spacial score (nSPS) is 12.3. The molecule has 0 amide bonds. The van der Waals surface area contributed by atoms with Crippen molar-refractivity contribution in [1.29, 1.82) is 0 Å². The Morgan fingerprint density at radius 3 is 2.09 bits per heavy atom. The molecule has 0 aromatic heterocycles. The molecule has 1 aromatic rings. The summed E-state index contributed by atoms with van der Waals surface area (Å²) in [6.45, 7) is 2.14. The molecule has 10 heteroatoms. The maximum Gasteiger partial charge on any atom is 1.00 e. The van der Waals surface area contributed by atoms with Crippen molar-refractivity contribution in [2.75, 3.05) is 38.0 Å². The summed E-state index contributed by atoms with van der Waals surface area (Å²) in [5, 5.41) is 9.74. The molecule has 0 saturated heterocycles. The number of ether oxygens (including phenoxy) is 2. The van der Waals surface area contributed by atoms with E-state index in [-0.39, 0.29) is 47.6 Å². The van der Waals surface area contributed by atoms with Gasteiger partial charge in [-0.15, -0.1) is 0 Å². The maximum absolute atomic E-state index is 13.9. The molecule has 0 saturated carbocycles. The molecule has 0 spiro atoms. The molecule has 7 nitrogen and oxygen atoms in total. The Bertz CT molecular complexity index is 587. The van der Waals surface area contributed by atoms with E-state index >= 15 is 0 Å². The van der Waals surface area contributed by atoms with E-state index in [0.29, 0.717) is 12.2 Å². The number of anilines is 1. The molecular formula is C13H20FNNaO6S+. The molecular weight excluding hydrogens is 340 g/mol. The first-order valence-corrected chi connectivity index (χ1v) is 8.12. The quantitative estimate of drug-likeness (QED) is 0.406. The topological polar surface area (TPSA) is 96.3 Å². The molecule has 0 aliphatic heterocycles. The Balaban J connectivity index is 0.00000484. The van der Waals surface area contributed by atoms with Crippen molar-refractivity contribution in [3.05, 3.63) is 17.9 Å². The van der Waals surface area contributed by atoms with Crippen molar-refractivity contribution in [2.45, 2.75) is 13.0 Å². The van der Waals surface area contributed by atoms with Gasteiger partial charge in [0.15, 0.2) is 11.5 Å². The smallest absolute Gasteiger partial charge is 0.493 e. The van der Waals surface area contributed by atoms with Crippen LogP contribution in [0.2, 0.25) is 0 Å². The van der Waals surface area contributed by atoms with E-state index in [0.717, 1.165) is 0 Å². The van der Waals surface area contributed by atoms with Crippen molar-refractivity contribution in [3.8, 4) is 11.5 Å². The van der Waals surface area contributed by atoms with Crippen LogP contribution in [0.15, 0.2) is 12.1 Å². The van der Waals surface area contributed by atoms with E-state index in [1.807, 2.05) is 0 Å². The largest absolute Gasteiger partial charge is 1.00 e. The number of hydrogen-bond acceptors (Lipinski definition) is 6. The first-order valence-electron chi connectivity index (χ1n) is 6.51. The fraction of sp³-hybridized carbons (Fsp3) is 0.538. The zero-order valence-electron chi connectivity index (χ0n) is 13.6. The zero-order valence-corrected chi connectivity index (χ0v) is 16.4. The predicted octanol–water partition coefficient (Wildman–Crippen LogP) is -2.08. The predicted molar refractivity (Wildman–Crippen MR) is 79.8 cm³/mol. The zero-order chi connectivity index (χ0) is 16.9. The summed E-state index contributed by atoms with van der Waals surface area (Å²) >= 11 is 0. The van der Waals surface area contributed by atoms with Crippen LogP contribution in [-0.4, -0.2) is 57.2 Å². The number of aliphatic hydroxyl groups is 1. The van der Waals surface area contributed by atoms with Crippen LogP contribution in [0, 0.1) is 5.82 Å². The second-order valence-electron chi connectivity index (χ2n) is 4.61. The van der Waals surface area contributed by atoms with Crippen LogP contribution in [0.1, 0.15) is 6.92 Å². The molecule has 0 aliphatic carbocycles. The summed E-state index contributed by atoms with van der Waals surface area (Å²) in [6, 6.07) is 2.84. The first kappa shape index (κ1) is 22.4. The van der Waals surface area contributed by atoms with Gasteiger partial charge in [0.25, 0.3) is 10.1 Å². The van der Waals surface area contributed by atoms with Gasteiger partial charge in [-0.25, -0.2) is 0 Å². The minimum Gasteiger partial charge on any atom is -0.493 e. The number of nitrogens with zero attached hydrogens (tertiary/aromatic N) is 1. The molecule has 1 unspecified atom stereocenters. The van der Waals surface area contributed by atoms with E-state index in [1.165, 1.54) is 26.4 Å². The van der Waals surface area contributed by atoms with Crippen molar-refractivity contribution in [2.24, 2.45) is 0 Å². The van der Waals surface area contributed by atoms with Gasteiger partial charge >= 0.3 is 29.6 Å². The number of rotatable bonds is 8. The van der Waals surface area contributed by atoms with Gasteiger partial charge in [-0.2, -0.15) is 12.8 Å². The Morgan fingerprint density at radius 1 is 1.26 bits per heavy atom. The maximum atomic E-state index is 13.9. The van der Waals surface area contributed by atoms with Crippen molar-refractivity contribution in [3.63, 3.8) is 0 Å². The third-order valence-electron chi connectivity index (χ3n) is 3.01. The van der Waals surface area contributed by atoms with Crippen LogP contribution >= 0.6 is 0 Å². The van der Waals surface area contributed by atoms with Crippen LogP contribution in [-0.2, 0) is 10.1 Å². The monoisotopic (exact) mass is 360 g/mol. The van der Waals surface area contributed by atoms with Crippen LogP contribution in [0.25, 0.3) is 0 Å². The fourth-order valence-corrected chi connectivity index (χ4v) is 2.60. The molecule has 1 atom stereocenters. The van der Waals surface area contributed by atoms with Gasteiger partial charge in [-0.05, 0) is 6.92 Å². The van der Waals surface area contributed by atoms with Crippen molar-refractivity contribution >= 4 is 15.8 Å². The Morgan fingerprint density at radius 2 is 1.74 bits per heavy atom. The van der Waals surface area contributed by atoms with Crippen molar-refractivity contribution in [1.82, 2.24) is 0 Å². The number of benzene rings is 1. The SMILES string of the molecule is CCN(CC(O)CS(=O)(=O)O)c1cc(OC)c(F)c(OC)c1.[Na+]. The standard InChI is InChI=1S/C13H20FNO6S.Na/c1-4-15(7-10(16)8-22(17,18)19)9-5-11(20-2)13(14)12(6-9)21-3;/h5-6,10,16H,4,7-8H2,1-3H3,(H,17,18,19);/q;+1. The molecule has 126 valence electrons. The fourth-order valence-electron chi connectivity index (χ4n) is 2.01. The van der Waals surface area contributed by atoms with E-state index in [1.54, 1.807) is 11.8 Å². The molecule has 1 rings (SSSR count). The molecule has 23 heavy (non-hydrogen) atoms. The second kappa shape index (κ2) is 9.65. The Labute approximate surface area is 157 Å². The van der Waals surface area contributed by atoms with E-state index in [2.05, 4.69) is 0 Å². The third kappa shape index (κ3) is 6.82. The molecule has 2 N–H and O–H groups in total. The molecule has 0 bridgehead atoms. The van der Waals surface area contributed by atoms with Crippen LogP contribution in [0.5, 0.6) is 11.5 Å². The minimum absolute atomic E-state index is 0. The minimum atomic E-state index is -4.28. The molecule has 0 fully saturated rings. The summed E-state index contributed by atoms with van der Waals surface area (Å²) in [6.07, 6.45) is -1.29. The summed E-state index contributed by atoms with van der Waals surface area (Å²) in [5.41, 5.74) is 0.493. The average Bonchev–Trinajstić information content (AvgIpc) is 2.43. The first-order chi connectivity index (χ1) is 10.2. The van der Waals surface area contributed by atoms with E-state index in [9.17, 15) is 17.9 Å². The Kier molecular flexibility index (Phi) is 9.41. The average molecular weight is 360 g/mol. The van der Waals surface area contributed by atoms with E-state index < -0.39 is 27.8 Å². The van der Waals surface area contributed by atoms with Gasteiger partial charge in [0.2, 0.25) is 5.82 Å². The van der Waals surface area contributed by atoms with Crippen molar-refractivity contribution < 1.29 is 61.5 Å². The number of aliphatic hydroxyl groups excluding tert-OH is 1. The van der Waals surface area contributed by atoms with E-state index in [4.69, 9.17) is 14.0 Å². The summed E-state index contributed by atoms with van der Waals surface area (Å²) in [5.74, 6) is -1.49. The number of likely N-dealkylation sites (N-methyl/N-ethyl adjacent to an activating group) is 1. The summed E-state index contributed by atoms with van der Waals surface area (Å²) in [7, 11) is -1.66. The van der Waals surface area contributed by atoms with Gasteiger partial charge in [0.1, 0.15) is 5.75 Å².